The van der Waals surface area contributed by atoms with E-state index >= 15 is 0 Å². The molecule has 1 aliphatic rings. The summed E-state index contributed by atoms with van der Waals surface area (Å²) in [4.78, 5) is -0.726. The van der Waals surface area contributed by atoms with E-state index in [0.717, 1.165) is 10.4 Å². The van der Waals surface area contributed by atoms with E-state index in [1.807, 2.05) is 0 Å². The second kappa shape index (κ2) is 5.27. The van der Waals surface area contributed by atoms with Crippen molar-refractivity contribution in [2.24, 2.45) is 0 Å². The standard InChI is InChI=1S/C11H10BrF4NO2S/c12-7-5-10(9(14)6-8(7)13)20(18,19)17-3-1-11(15,16)2-4-17/h5-6H,1-4H2. The minimum Gasteiger partial charge on any atom is -0.207 e. The van der Waals surface area contributed by atoms with Crippen LogP contribution < -0.4 is 0 Å². The molecular formula is C11H10BrF4NO2S. The molecule has 0 spiro atoms. The van der Waals surface area contributed by atoms with Gasteiger partial charge in [0.25, 0.3) is 5.92 Å². The number of benzene rings is 1. The Kier molecular flexibility index (Phi) is 4.14. The lowest BCUT2D eigenvalue weighted by molar-refractivity contribution is -0.0412. The Morgan fingerprint density at radius 3 is 2.20 bits per heavy atom. The molecule has 0 aliphatic carbocycles. The highest BCUT2D eigenvalue weighted by atomic mass is 79.9. The average Bonchev–Trinajstić information content (AvgIpc) is 2.33. The molecule has 9 heteroatoms. The Morgan fingerprint density at radius 2 is 1.65 bits per heavy atom. The van der Waals surface area contributed by atoms with Crippen LogP contribution in [0.15, 0.2) is 21.5 Å². The highest BCUT2D eigenvalue weighted by Crippen LogP contribution is 2.32. The molecule has 1 aromatic rings. The van der Waals surface area contributed by atoms with Gasteiger partial charge in [-0.2, -0.15) is 4.31 Å². The molecule has 0 saturated carbocycles. The van der Waals surface area contributed by atoms with E-state index in [1.54, 1.807) is 0 Å². The minimum absolute atomic E-state index is 0.209. The maximum Gasteiger partial charge on any atom is 0.250 e. The van der Waals surface area contributed by atoms with Gasteiger partial charge in [0.1, 0.15) is 16.5 Å². The van der Waals surface area contributed by atoms with Gasteiger partial charge in [0.2, 0.25) is 10.0 Å². The van der Waals surface area contributed by atoms with Crippen molar-refractivity contribution in [1.82, 2.24) is 4.31 Å². The Bertz CT molecular complexity index is 626. The molecule has 1 aromatic carbocycles. The Morgan fingerprint density at radius 1 is 1.10 bits per heavy atom. The maximum absolute atomic E-state index is 13.6. The Balaban J connectivity index is 2.34. The van der Waals surface area contributed by atoms with E-state index in [1.165, 1.54) is 0 Å². The van der Waals surface area contributed by atoms with Crippen LogP contribution in [0.3, 0.4) is 0 Å². The molecule has 0 unspecified atom stereocenters. The number of piperidine rings is 1. The zero-order valence-corrected chi connectivity index (χ0v) is 12.4. The highest BCUT2D eigenvalue weighted by molar-refractivity contribution is 9.10. The van der Waals surface area contributed by atoms with Gasteiger partial charge in [-0.1, -0.05) is 0 Å². The third-order valence-electron chi connectivity index (χ3n) is 3.05. The normalized spacial score (nSPS) is 20.1. The number of hydrogen-bond acceptors (Lipinski definition) is 2. The third-order valence-corrected chi connectivity index (χ3v) is 5.57. The van der Waals surface area contributed by atoms with Crippen LogP contribution in [0.1, 0.15) is 12.8 Å². The summed E-state index contributed by atoms with van der Waals surface area (Å²) < 4.78 is 77.7. The average molecular weight is 376 g/mol. The van der Waals surface area contributed by atoms with Gasteiger partial charge < -0.3 is 0 Å². The first-order valence-electron chi connectivity index (χ1n) is 5.66. The zero-order valence-electron chi connectivity index (χ0n) is 10.0. The lowest BCUT2D eigenvalue weighted by atomic mass is 10.1. The molecule has 2 rings (SSSR count). The lowest BCUT2D eigenvalue weighted by Crippen LogP contribution is -2.42. The molecule has 1 fully saturated rings. The van der Waals surface area contributed by atoms with E-state index in [9.17, 15) is 26.0 Å². The highest BCUT2D eigenvalue weighted by Gasteiger charge is 2.39. The van der Waals surface area contributed by atoms with Crippen LogP contribution in [0.5, 0.6) is 0 Å². The van der Waals surface area contributed by atoms with Crippen LogP contribution in [0.4, 0.5) is 17.6 Å². The summed E-state index contributed by atoms with van der Waals surface area (Å²) in [6, 6.07) is 1.24. The number of halogens is 5. The molecule has 112 valence electrons. The Hall–Kier alpha value is -0.670. The fraction of sp³-hybridized carbons (Fsp3) is 0.455. The summed E-state index contributed by atoms with van der Waals surface area (Å²) >= 11 is 2.77. The topological polar surface area (TPSA) is 37.4 Å². The molecular weight excluding hydrogens is 366 g/mol. The lowest BCUT2D eigenvalue weighted by Gasteiger charge is -2.31. The van der Waals surface area contributed by atoms with Crippen molar-refractivity contribution in [3.05, 3.63) is 28.2 Å². The summed E-state index contributed by atoms with van der Waals surface area (Å²) in [5.41, 5.74) is 0. The van der Waals surface area contributed by atoms with Gasteiger partial charge in [-0.15, -0.1) is 0 Å². The van der Waals surface area contributed by atoms with Crippen LogP contribution in [0.2, 0.25) is 0 Å². The molecule has 1 aliphatic heterocycles. The molecule has 0 radical (unpaired) electrons. The van der Waals surface area contributed by atoms with E-state index in [-0.39, 0.29) is 4.47 Å². The fourth-order valence-corrected chi connectivity index (χ4v) is 3.90. The van der Waals surface area contributed by atoms with Crippen molar-refractivity contribution >= 4 is 26.0 Å². The molecule has 0 amide bonds. The number of alkyl halides is 2. The van der Waals surface area contributed by atoms with Crippen molar-refractivity contribution in [3.63, 3.8) is 0 Å². The van der Waals surface area contributed by atoms with E-state index in [0.29, 0.717) is 6.07 Å². The number of hydrogen-bond donors (Lipinski definition) is 0. The van der Waals surface area contributed by atoms with Crippen molar-refractivity contribution in [3.8, 4) is 0 Å². The van der Waals surface area contributed by atoms with Crippen LogP contribution in [0.25, 0.3) is 0 Å². The van der Waals surface area contributed by atoms with Gasteiger partial charge in [-0.3, -0.25) is 0 Å². The third kappa shape index (κ3) is 2.99. The Labute approximate surface area is 121 Å². The van der Waals surface area contributed by atoms with Crippen molar-refractivity contribution in [1.29, 1.82) is 0 Å². The van der Waals surface area contributed by atoms with Crippen LogP contribution in [-0.2, 0) is 10.0 Å². The van der Waals surface area contributed by atoms with Gasteiger partial charge in [-0.05, 0) is 22.0 Å². The first kappa shape index (κ1) is 15.7. The molecule has 20 heavy (non-hydrogen) atoms. The van der Waals surface area contributed by atoms with Crippen LogP contribution in [-0.4, -0.2) is 31.7 Å². The first-order valence-corrected chi connectivity index (χ1v) is 7.89. The SMILES string of the molecule is O=S(=O)(c1cc(Br)c(F)cc1F)N1CCC(F)(F)CC1. The van der Waals surface area contributed by atoms with Gasteiger partial charge in [0, 0.05) is 32.0 Å². The van der Waals surface area contributed by atoms with Crippen LogP contribution in [0, 0.1) is 11.6 Å². The monoisotopic (exact) mass is 375 g/mol. The number of sulfonamides is 1. The minimum atomic E-state index is -4.25. The van der Waals surface area contributed by atoms with E-state index in [4.69, 9.17) is 0 Å². The van der Waals surface area contributed by atoms with E-state index < -0.39 is 58.4 Å². The number of nitrogens with zero attached hydrogens (tertiary/aromatic N) is 1. The molecule has 0 aromatic heterocycles. The number of rotatable bonds is 2. The molecule has 0 N–H and O–H groups in total. The van der Waals surface area contributed by atoms with Gasteiger partial charge >= 0.3 is 0 Å². The summed E-state index contributed by atoms with van der Waals surface area (Å²) in [5, 5.41) is 0. The summed E-state index contributed by atoms with van der Waals surface area (Å²) in [6.45, 7) is -0.798. The van der Waals surface area contributed by atoms with Crippen molar-refractivity contribution < 1.29 is 26.0 Å². The van der Waals surface area contributed by atoms with Crippen molar-refractivity contribution in [2.45, 2.75) is 23.7 Å². The molecule has 1 heterocycles. The summed E-state index contributed by atoms with van der Waals surface area (Å²) in [7, 11) is -4.25. The second-order valence-corrected chi connectivity index (χ2v) is 7.22. The first-order chi connectivity index (χ1) is 9.13. The maximum atomic E-state index is 13.6. The molecule has 0 atom stereocenters. The molecule has 3 nitrogen and oxygen atoms in total. The molecule has 1 saturated heterocycles. The van der Waals surface area contributed by atoms with E-state index in [2.05, 4.69) is 15.9 Å². The zero-order chi connectivity index (χ0) is 15.1. The smallest absolute Gasteiger partial charge is 0.207 e. The van der Waals surface area contributed by atoms with Gasteiger partial charge in [0.15, 0.2) is 0 Å². The molecule has 0 bridgehead atoms. The predicted molar refractivity (Wildman–Crippen MR) is 67.0 cm³/mol. The van der Waals surface area contributed by atoms with Gasteiger partial charge in [-0.25, -0.2) is 26.0 Å². The quantitative estimate of drug-likeness (QED) is 0.588. The van der Waals surface area contributed by atoms with Crippen LogP contribution >= 0.6 is 15.9 Å². The van der Waals surface area contributed by atoms with Gasteiger partial charge in [0.05, 0.1) is 4.47 Å². The largest absolute Gasteiger partial charge is 0.250 e. The predicted octanol–water partition coefficient (Wildman–Crippen LogP) is 3.15. The summed E-state index contributed by atoms with van der Waals surface area (Å²) in [5.74, 6) is -5.09. The fourth-order valence-electron chi connectivity index (χ4n) is 1.89. The summed E-state index contributed by atoms with van der Waals surface area (Å²) in [6.07, 6.45) is -1.23. The second-order valence-electron chi connectivity index (χ2n) is 4.46. The van der Waals surface area contributed by atoms with Crippen molar-refractivity contribution in [2.75, 3.05) is 13.1 Å².